The molecule has 3 nitrogen and oxygen atoms in total. The normalized spacial score (nSPS) is 9.67. The lowest BCUT2D eigenvalue weighted by molar-refractivity contribution is 0.632. The second-order valence-electron chi connectivity index (χ2n) is 2.43. The van der Waals surface area contributed by atoms with Gasteiger partial charge >= 0.3 is 0 Å². The Bertz CT molecular complexity index is 274. The molecule has 0 aliphatic heterocycles. The van der Waals surface area contributed by atoms with Gasteiger partial charge in [-0.3, -0.25) is 0 Å². The van der Waals surface area contributed by atoms with E-state index in [1.54, 1.807) is 6.20 Å². The maximum Gasteiger partial charge on any atom is 0.123 e. The van der Waals surface area contributed by atoms with Gasteiger partial charge in [0.05, 0.1) is 11.9 Å². The molecule has 0 fully saturated rings. The first kappa shape index (κ1) is 9.08. The number of imidazole rings is 1. The minimum absolute atomic E-state index is 0.430. The zero-order chi connectivity index (χ0) is 8.81. The molecule has 0 saturated carbocycles. The van der Waals surface area contributed by atoms with Crippen LogP contribution in [0.25, 0.3) is 0 Å². The first-order chi connectivity index (χ1) is 5.88. The number of nitriles is 1. The van der Waals surface area contributed by atoms with Crippen LogP contribution in [-0.4, -0.2) is 9.55 Å². The number of halogens is 1. The van der Waals surface area contributed by atoms with Crippen molar-refractivity contribution in [3.05, 3.63) is 18.2 Å². The van der Waals surface area contributed by atoms with Gasteiger partial charge in [-0.25, -0.2) is 4.98 Å². The van der Waals surface area contributed by atoms with Crippen molar-refractivity contribution in [2.75, 3.05) is 0 Å². The molecule has 0 radical (unpaired) electrons. The van der Waals surface area contributed by atoms with Gasteiger partial charge in [0.2, 0.25) is 0 Å². The molecule has 0 N–H and O–H groups in total. The lowest BCUT2D eigenvalue weighted by Gasteiger charge is -2.02. The standard InChI is InChI=1S/C8H10ClN3/c9-7-8-11-4-6-12(8)5-2-1-3-10/h4,6H,1-2,5,7H2. The molecule has 12 heavy (non-hydrogen) atoms. The highest BCUT2D eigenvalue weighted by atomic mass is 35.5. The highest BCUT2D eigenvalue weighted by Crippen LogP contribution is 2.03. The molecule has 1 rings (SSSR count). The Labute approximate surface area is 76.6 Å². The van der Waals surface area contributed by atoms with Gasteiger partial charge in [0.25, 0.3) is 0 Å². The van der Waals surface area contributed by atoms with E-state index in [2.05, 4.69) is 11.1 Å². The minimum atomic E-state index is 0.430. The SMILES string of the molecule is N#CCCCn1ccnc1CCl. The summed E-state index contributed by atoms with van der Waals surface area (Å²) in [5.41, 5.74) is 0. The monoisotopic (exact) mass is 183 g/mol. The Morgan fingerprint density at radius 1 is 1.67 bits per heavy atom. The van der Waals surface area contributed by atoms with Crippen LogP contribution in [0.5, 0.6) is 0 Å². The molecule has 64 valence electrons. The summed E-state index contributed by atoms with van der Waals surface area (Å²) in [6.07, 6.45) is 5.05. The smallest absolute Gasteiger partial charge is 0.123 e. The number of unbranched alkanes of at least 4 members (excludes halogenated alkanes) is 1. The zero-order valence-electron chi connectivity index (χ0n) is 6.70. The van der Waals surface area contributed by atoms with Gasteiger partial charge in [-0.05, 0) is 6.42 Å². The van der Waals surface area contributed by atoms with E-state index in [-0.39, 0.29) is 0 Å². The van der Waals surface area contributed by atoms with Gasteiger partial charge in [0, 0.05) is 25.4 Å². The van der Waals surface area contributed by atoms with Crippen molar-refractivity contribution >= 4 is 11.6 Å². The van der Waals surface area contributed by atoms with Gasteiger partial charge in [-0.15, -0.1) is 11.6 Å². The fourth-order valence-electron chi connectivity index (χ4n) is 1.00. The van der Waals surface area contributed by atoms with Gasteiger partial charge in [0.15, 0.2) is 0 Å². The topological polar surface area (TPSA) is 41.6 Å². The fraction of sp³-hybridized carbons (Fsp3) is 0.500. The Hall–Kier alpha value is -1.01. The maximum absolute atomic E-state index is 8.32. The second-order valence-corrected chi connectivity index (χ2v) is 2.70. The number of hydrogen-bond donors (Lipinski definition) is 0. The zero-order valence-corrected chi connectivity index (χ0v) is 7.46. The van der Waals surface area contributed by atoms with Crippen LogP contribution in [0.2, 0.25) is 0 Å². The molecule has 0 aromatic carbocycles. The van der Waals surface area contributed by atoms with E-state index in [0.717, 1.165) is 18.8 Å². The van der Waals surface area contributed by atoms with E-state index < -0.39 is 0 Å². The summed E-state index contributed by atoms with van der Waals surface area (Å²) in [7, 11) is 0. The predicted octanol–water partition coefficient (Wildman–Crippen LogP) is 1.93. The molecule has 0 spiro atoms. The van der Waals surface area contributed by atoms with Crippen molar-refractivity contribution < 1.29 is 0 Å². The molecule has 0 atom stereocenters. The summed E-state index contributed by atoms with van der Waals surface area (Å²) in [5.74, 6) is 1.30. The Morgan fingerprint density at radius 2 is 2.50 bits per heavy atom. The third-order valence-corrected chi connectivity index (χ3v) is 1.85. The molecule has 4 heteroatoms. The second kappa shape index (κ2) is 4.78. The Balaban J connectivity index is 2.46. The van der Waals surface area contributed by atoms with Crippen LogP contribution >= 0.6 is 11.6 Å². The summed E-state index contributed by atoms with van der Waals surface area (Å²) in [6.45, 7) is 0.829. The maximum atomic E-state index is 8.32. The largest absolute Gasteiger partial charge is 0.334 e. The Kier molecular flexibility index (Phi) is 3.62. The highest BCUT2D eigenvalue weighted by Gasteiger charge is 1.99. The fourth-order valence-corrected chi connectivity index (χ4v) is 1.23. The van der Waals surface area contributed by atoms with Crippen LogP contribution in [0, 0.1) is 11.3 Å². The van der Waals surface area contributed by atoms with Crippen molar-refractivity contribution in [3.8, 4) is 6.07 Å². The summed E-state index contributed by atoms with van der Waals surface area (Å²) in [6, 6.07) is 2.10. The molecule has 1 aromatic heterocycles. The van der Waals surface area contributed by atoms with E-state index in [4.69, 9.17) is 16.9 Å². The molecule has 0 bridgehead atoms. The van der Waals surface area contributed by atoms with Gasteiger partial charge in [0.1, 0.15) is 5.82 Å². The van der Waals surface area contributed by atoms with Gasteiger partial charge in [-0.1, -0.05) is 0 Å². The van der Waals surface area contributed by atoms with Crippen LogP contribution in [-0.2, 0) is 12.4 Å². The molecule has 0 aliphatic rings. The number of aryl methyl sites for hydroxylation is 1. The van der Waals surface area contributed by atoms with Crippen molar-refractivity contribution in [2.45, 2.75) is 25.3 Å². The predicted molar refractivity (Wildman–Crippen MR) is 46.6 cm³/mol. The van der Waals surface area contributed by atoms with Gasteiger partial charge in [-0.2, -0.15) is 5.26 Å². The lowest BCUT2D eigenvalue weighted by atomic mass is 10.3. The molecule has 0 amide bonds. The van der Waals surface area contributed by atoms with Crippen LogP contribution in [0.3, 0.4) is 0 Å². The molecule has 0 saturated heterocycles. The van der Waals surface area contributed by atoms with Crippen molar-refractivity contribution in [1.82, 2.24) is 9.55 Å². The van der Waals surface area contributed by atoms with E-state index in [9.17, 15) is 0 Å². The van der Waals surface area contributed by atoms with E-state index in [1.807, 2.05) is 10.8 Å². The van der Waals surface area contributed by atoms with Crippen LogP contribution in [0.4, 0.5) is 0 Å². The third kappa shape index (κ3) is 2.24. The molecular weight excluding hydrogens is 174 g/mol. The van der Waals surface area contributed by atoms with Crippen LogP contribution < -0.4 is 0 Å². The molecule has 0 unspecified atom stereocenters. The van der Waals surface area contributed by atoms with Crippen molar-refractivity contribution in [3.63, 3.8) is 0 Å². The summed E-state index contributed by atoms with van der Waals surface area (Å²) in [4.78, 5) is 4.06. The summed E-state index contributed by atoms with van der Waals surface area (Å²) < 4.78 is 1.98. The molecule has 0 aliphatic carbocycles. The highest BCUT2D eigenvalue weighted by molar-refractivity contribution is 6.16. The Morgan fingerprint density at radius 3 is 3.17 bits per heavy atom. The molecule has 1 heterocycles. The first-order valence-corrected chi connectivity index (χ1v) is 4.35. The average molecular weight is 184 g/mol. The van der Waals surface area contributed by atoms with Crippen LogP contribution in [0.1, 0.15) is 18.7 Å². The number of hydrogen-bond acceptors (Lipinski definition) is 2. The molecule has 1 aromatic rings. The number of alkyl halides is 1. The number of aromatic nitrogens is 2. The van der Waals surface area contributed by atoms with Crippen LogP contribution in [0.15, 0.2) is 12.4 Å². The van der Waals surface area contributed by atoms with Crippen molar-refractivity contribution in [2.24, 2.45) is 0 Å². The van der Waals surface area contributed by atoms with Crippen molar-refractivity contribution in [1.29, 1.82) is 5.26 Å². The number of rotatable bonds is 4. The quantitative estimate of drug-likeness (QED) is 0.529. The van der Waals surface area contributed by atoms with E-state index in [0.29, 0.717) is 12.3 Å². The summed E-state index contributed by atoms with van der Waals surface area (Å²) in [5, 5.41) is 8.32. The first-order valence-electron chi connectivity index (χ1n) is 3.81. The third-order valence-electron chi connectivity index (χ3n) is 1.61. The van der Waals surface area contributed by atoms with E-state index >= 15 is 0 Å². The summed E-state index contributed by atoms with van der Waals surface area (Å²) >= 11 is 5.64. The van der Waals surface area contributed by atoms with E-state index in [1.165, 1.54) is 0 Å². The van der Waals surface area contributed by atoms with Gasteiger partial charge < -0.3 is 4.57 Å². The number of nitrogens with zero attached hydrogens (tertiary/aromatic N) is 3. The molecular formula is C8H10ClN3. The minimum Gasteiger partial charge on any atom is -0.334 e. The lowest BCUT2D eigenvalue weighted by Crippen LogP contribution is -2.00. The average Bonchev–Trinajstić information content (AvgIpc) is 2.52.